The molecule has 1 rings (SSSR count). The van der Waals surface area contributed by atoms with E-state index in [2.05, 4.69) is 0 Å². The molecule has 1 aromatic rings. The number of aldehydes is 1. The minimum atomic E-state index is -4.56. The Kier molecular flexibility index (Phi) is 4.25. The van der Waals surface area contributed by atoms with Gasteiger partial charge >= 0.3 is 6.18 Å². The molecular formula is C12H10F3NO2. The molecule has 0 aromatic heterocycles. The Labute approximate surface area is 101 Å². The van der Waals surface area contributed by atoms with Crippen LogP contribution in [0.4, 0.5) is 13.2 Å². The zero-order valence-corrected chi connectivity index (χ0v) is 9.20. The summed E-state index contributed by atoms with van der Waals surface area (Å²) in [6, 6.07) is 3.20. The molecule has 0 aliphatic heterocycles. The van der Waals surface area contributed by atoms with Gasteiger partial charge in [0.25, 0.3) is 0 Å². The largest absolute Gasteiger partial charge is 0.417 e. The summed E-state index contributed by atoms with van der Waals surface area (Å²) < 4.78 is 38.1. The third-order valence-electron chi connectivity index (χ3n) is 2.14. The summed E-state index contributed by atoms with van der Waals surface area (Å²) in [7, 11) is 0. The number of amides is 1. The number of carbonyl (C=O) groups is 2. The van der Waals surface area contributed by atoms with Gasteiger partial charge in [0.1, 0.15) is 6.29 Å². The second-order valence-corrected chi connectivity index (χ2v) is 3.54. The number of benzene rings is 1. The lowest BCUT2D eigenvalue weighted by Gasteiger charge is -2.10. The standard InChI is InChI=1S/C12H10F3NO2/c13-12(14,15)10-6-8(7-17)4-5-9(10)2-1-3-11(16)18/h1-2,4-7H,3H2,(H2,16,18). The number of rotatable bonds is 4. The summed E-state index contributed by atoms with van der Waals surface area (Å²) in [5, 5.41) is 0. The van der Waals surface area contributed by atoms with E-state index in [0.29, 0.717) is 6.29 Å². The minimum absolute atomic E-state index is 0.0608. The van der Waals surface area contributed by atoms with Crippen molar-refractivity contribution in [1.82, 2.24) is 0 Å². The van der Waals surface area contributed by atoms with E-state index in [9.17, 15) is 22.8 Å². The number of hydrogen-bond donors (Lipinski definition) is 1. The number of hydrogen-bond acceptors (Lipinski definition) is 2. The van der Waals surface area contributed by atoms with Crippen molar-refractivity contribution in [2.24, 2.45) is 5.73 Å². The van der Waals surface area contributed by atoms with Gasteiger partial charge in [-0.3, -0.25) is 9.59 Å². The van der Waals surface area contributed by atoms with Gasteiger partial charge in [-0.15, -0.1) is 0 Å². The molecule has 0 bridgehead atoms. The minimum Gasteiger partial charge on any atom is -0.369 e. The average molecular weight is 257 g/mol. The van der Waals surface area contributed by atoms with Crippen LogP contribution in [0, 0.1) is 0 Å². The van der Waals surface area contributed by atoms with Crippen molar-refractivity contribution in [1.29, 1.82) is 0 Å². The lowest BCUT2D eigenvalue weighted by atomic mass is 10.0. The molecule has 6 heteroatoms. The summed E-state index contributed by atoms with van der Waals surface area (Å²) in [5.41, 5.74) is 3.77. The number of alkyl halides is 3. The van der Waals surface area contributed by atoms with Crippen LogP contribution in [0.1, 0.15) is 27.9 Å². The van der Waals surface area contributed by atoms with Crippen LogP contribution in [0.15, 0.2) is 24.3 Å². The summed E-state index contributed by atoms with van der Waals surface area (Å²) in [6.07, 6.45) is -1.97. The fourth-order valence-electron chi connectivity index (χ4n) is 1.34. The average Bonchev–Trinajstić information content (AvgIpc) is 2.27. The Morgan fingerprint density at radius 3 is 2.50 bits per heavy atom. The Bertz CT molecular complexity index is 493. The number of primary amides is 1. The third-order valence-corrected chi connectivity index (χ3v) is 2.14. The highest BCUT2D eigenvalue weighted by Gasteiger charge is 2.32. The van der Waals surface area contributed by atoms with Gasteiger partial charge < -0.3 is 5.73 Å². The highest BCUT2D eigenvalue weighted by Crippen LogP contribution is 2.33. The van der Waals surface area contributed by atoms with Gasteiger partial charge in [0.05, 0.1) is 5.56 Å². The summed E-state index contributed by atoms with van der Waals surface area (Å²) in [5.74, 6) is -0.635. The summed E-state index contributed by atoms with van der Waals surface area (Å²) >= 11 is 0. The first-order valence-electron chi connectivity index (χ1n) is 4.96. The van der Waals surface area contributed by atoms with Crippen molar-refractivity contribution < 1.29 is 22.8 Å². The van der Waals surface area contributed by atoms with E-state index in [1.54, 1.807) is 0 Å². The van der Waals surface area contributed by atoms with E-state index in [1.165, 1.54) is 18.2 Å². The maximum atomic E-state index is 12.7. The van der Waals surface area contributed by atoms with Crippen LogP contribution in [0.2, 0.25) is 0 Å². The monoisotopic (exact) mass is 257 g/mol. The van der Waals surface area contributed by atoms with E-state index >= 15 is 0 Å². The highest BCUT2D eigenvalue weighted by molar-refractivity contribution is 5.78. The predicted molar refractivity (Wildman–Crippen MR) is 59.7 cm³/mol. The maximum Gasteiger partial charge on any atom is 0.417 e. The van der Waals surface area contributed by atoms with Crippen LogP contribution >= 0.6 is 0 Å². The van der Waals surface area contributed by atoms with Crippen molar-refractivity contribution in [2.45, 2.75) is 12.6 Å². The molecule has 0 aliphatic carbocycles. The molecule has 0 unspecified atom stereocenters. The van der Waals surface area contributed by atoms with Gasteiger partial charge in [-0.05, 0) is 11.6 Å². The highest BCUT2D eigenvalue weighted by atomic mass is 19.4. The molecule has 0 spiro atoms. The predicted octanol–water partition coefficient (Wildman–Crippen LogP) is 2.41. The topological polar surface area (TPSA) is 60.2 Å². The lowest BCUT2D eigenvalue weighted by molar-refractivity contribution is -0.137. The van der Waals surface area contributed by atoms with Gasteiger partial charge in [-0.25, -0.2) is 0 Å². The van der Waals surface area contributed by atoms with Crippen molar-refractivity contribution in [2.75, 3.05) is 0 Å². The fourth-order valence-corrected chi connectivity index (χ4v) is 1.34. The van der Waals surface area contributed by atoms with E-state index in [-0.39, 0.29) is 17.5 Å². The van der Waals surface area contributed by atoms with Crippen molar-refractivity contribution in [3.05, 3.63) is 41.0 Å². The Balaban J connectivity index is 3.14. The Hall–Kier alpha value is -2.11. The first-order valence-corrected chi connectivity index (χ1v) is 4.96. The quantitative estimate of drug-likeness (QED) is 0.842. The van der Waals surface area contributed by atoms with Crippen molar-refractivity contribution >= 4 is 18.3 Å². The lowest BCUT2D eigenvalue weighted by Crippen LogP contribution is -2.09. The molecule has 1 amide bonds. The molecule has 0 atom stereocenters. The number of halogens is 3. The van der Waals surface area contributed by atoms with Crippen LogP contribution in [0.5, 0.6) is 0 Å². The van der Waals surface area contributed by atoms with Gasteiger partial charge in [-0.2, -0.15) is 13.2 Å². The van der Waals surface area contributed by atoms with Crippen molar-refractivity contribution in [3.8, 4) is 0 Å². The molecule has 1 aromatic carbocycles. The first kappa shape index (κ1) is 14.0. The Morgan fingerprint density at radius 1 is 1.33 bits per heavy atom. The van der Waals surface area contributed by atoms with Crippen LogP contribution in [0.3, 0.4) is 0 Å². The zero-order chi connectivity index (χ0) is 13.8. The van der Waals surface area contributed by atoms with E-state index in [4.69, 9.17) is 5.73 Å². The van der Waals surface area contributed by atoms with Gasteiger partial charge in [0.15, 0.2) is 0 Å². The summed E-state index contributed by atoms with van der Waals surface area (Å²) in [6.45, 7) is 0. The third kappa shape index (κ3) is 3.73. The van der Waals surface area contributed by atoms with Crippen LogP contribution < -0.4 is 5.73 Å². The molecule has 0 fully saturated rings. The molecule has 3 nitrogen and oxygen atoms in total. The summed E-state index contributed by atoms with van der Waals surface area (Å²) in [4.78, 5) is 20.9. The maximum absolute atomic E-state index is 12.7. The molecule has 0 saturated heterocycles. The molecule has 0 aliphatic rings. The molecule has 96 valence electrons. The first-order chi connectivity index (χ1) is 8.34. The molecular weight excluding hydrogens is 247 g/mol. The number of nitrogens with two attached hydrogens (primary N) is 1. The molecule has 0 radical (unpaired) electrons. The SMILES string of the molecule is NC(=O)CC=Cc1ccc(C=O)cc1C(F)(F)F. The fraction of sp³-hybridized carbons (Fsp3) is 0.167. The molecule has 18 heavy (non-hydrogen) atoms. The van der Waals surface area contributed by atoms with Gasteiger partial charge in [-0.1, -0.05) is 24.3 Å². The second kappa shape index (κ2) is 5.48. The molecule has 2 N–H and O–H groups in total. The van der Waals surface area contributed by atoms with Crippen LogP contribution in [-0.4, -0.2) is 12.2 Å². The van der Waals surface area contributed by atoms with E-state index in [1.807, 2.05) is 0 Å². The molecule has 0 saturated carbocycles. The van der Waals surface area contributed by atoms with Crippen LogP contribution in [0.25, 0.3) is 6.08 Å². The van der Waals surface area contributed by atoms with Crippen LogP contribution in [-0.2, 0) is 11.0 Å². The van der Waals surface area contributed by atoms with E-state index < -0.39 is 17.6 Å². The van der Waals surface area contributed by atoms with Gasteiger partial charge in [0, 0.05) is 12.0 Å². The normalized spacial score (nSPS) is 11.7. The zero-order valence-electron chi connectivity index (χ0n) is 9.20. The van der Waals surface area contributed by atoms with Crippen molar-refractivity contribution in [3.63, 3.8) is 0 Å². The smallest absolute Gasteiger partial charge is 0.369 e. The second-order valence-electron chi connectivity index (χ2n) is 3.54. The van der Waals surface area contributed by atoms with E-state index in [0.717, 1.165) is 12.1 Å². The van der Waals surface area contributed by atoms with Gasteiger partial charge in [0.2, 0.25) is 5.91 Å². The Morgan fingerprint density at radius 2 is 2.00 bits per heavy atom. The molecule has 0 heterocycles. The number of carbonyl (C=O) groups excluding carboxylic acids is 2.